The first kappa shape index (κ1) is 24.7. The fraction of sp³-hybridized carbons (Fsp3) is 0.414. The minimum absolute atomic E-state index is 0.131. The third kappa shape index (κ3) is 5.16. The molecule has 0 bridgehead atoms. The van der Waals surface area contributed by atoms with Gasteiger partial charge in [-0.05, 0) is 55.0 Å². The molecule has 2 aliphatic rings. The van der Waals surface area contributed by atoms with Crippen molar-refractivity contribution in [2.75, 3.05) is 19.0 Å². The highest BCUT2D eigenvalue weighted by Crippen LogP contribution is 2.47. The van der Waals surface area contributed by atoms with E-state index in [-0.39, 0.29) is 17.1 Å². The maximum Gasteiger partial charge on any atom is 0.254 e. The molecule has 2 aromatic rings. The summed E-state index contributed by atoms with van der Waals surface area (Å²) < 4.78 is 11.2. The second-order valence-corrected chi connectivity index (χ2v) is 10.1. The molecule has 1 N–H and O–H groups in total. The van der Waals surface area contributed by atoms with E-state index in [0.29, 0.717) is 35.7 Å². The summed E-state index contributed by atoms with van der Waals surface area (Å²) in [5.41, 5.74) is 3.36. The lowest BCUT2D eigenvalue weighted by atomic mass is 9.63. The second kappa shape index (κ2) is 10.1. The van der Waals surface area contributed by atoms with Crippen molar-refractivity contribution < 1.29 is 19.1 Å². The van der Waals surface area contributed by atoms with E-state index in [4.69, 9.17) is 14.5 Å². The number of fused-ring (bicyclic) bond motifs is 1. The molecule has 6 nitrogen and oxygen atoms in total. The number of allylic oxidation sites excluding steroid dienone is 1. The van der Waals surface area contributed by atoms with Crippen molar-refractivity contribution in [2.24, 2.45) is 16.3 Å². The van der Waals surface area contributed by atoms with Crippen LogP contribution in [0.1, 0.15) is 58.4 Å². The summed E-state index contributed by atoms with van der Waals surface area (Å²) >= 11 is 0. The predicted molar refractivity (Wildman–Crippen MR) is 138 cm³/mol. The molecular formula is C29H34N2O4. The third-order valence-corrected chi connectivity index (χ3v) is 6.68. The van der Waals surface area contributed by atoms with Crippen molar-refractivity contribution in [3.8, 4) is 11.5 Å². The smallest absolute Gasteiger partial charge is 0.254 e. The zero-order valence-electron chi connectivity index (χ0n) is 21.2. The van der Waals surface area contributed by atoms with E-state index < -0.39 is 11.8 Å². The monoisotopic (exact) mass is 474 g/mol. The molecule has 1 amide bonds. The lowest BCUT2D eigenvalue weighted by molar-refractivity contribution is -0.124. The zero-order valence-corrected chi connectivity index (χ0v) is 21.2. The Morgan fingerprint density at radius 2 is 1.80 bits per heavy atom. The van der Waals surface area contributed by atoms with Crippen LogP contribution in [-0.4, -0.2) is 31.1 Å². The Bertz CT molecular complexity index is 1180. The van der Waals surface area contributed by atoms with Gasteiger partial charge in [0.1, 0.15) is 17.3 Å². The molecule has 2 atom stereocenters. The van der Waals surface area contributed by atoms with Crippen LogP contribution in [0, 0.1) is 11.3 Å². The van der Waals surface area contributed by atoms with E-state index in [1.165, 1.54) is 0 Å². The number of para-hydroxylation sites is 2. The first-order valence-corrected chi connectivity index (χ1v) is 12.2. The lowest BCUT2D eigenvalue weighted by Crippen LogP contribution is -2.44. The molecule has 184 valence electrons. The van der Waals surface area contributed by atoms with Crippen LogP contribution in [0.3, 0.4) is 0 Å². The van der Waals surface area contributed by atoms with Crippen LogP contribution in [0.2, 0.25) is 0 Å². The van der Waals surface area contributed by atoms with Crippen LogP contribution in [0.5, 0.6) is 11.5 Å². The van der Waals surface area contributed by atoms with Gasteiger partial charge in [0.25, 0.3) is 5.91 Å². The molecule has 1 fully saturated rings. The molecule has 1 saturated carbocycles. The number of aliphatic imine (C=N–C) groups is 1. The second-order valence-electron chi connectivity index (χ2n) is 10.1. The topological polar surface area (TPSA) is 77.0 Å². The number of rotatable bonds is 7. The largest absolute Gasteiger partial charge is 0.495 e. The van der Waals surface area contributed by atoms with Gasteiger partial charge in [-0.25, -0.2) is 0 Å². The number of anilines is 1. The average molecular weight is 475 g/mol. The molecule has 0 saturated heterocycles. The Balaban J connectivity index is 1.77. The predicted octanol–water partition coefficient (Wildman–Crippen LogP) is 5.94. The number of amides is 1. The standard InChI is InChI=1S/C29H34N2O4/c1-6-15-35-20-13-11-19(12-14-20)26-25(28(33)31-21-9-7-8-10-24(21)34-5)18(2)30-22-16-29(3,4)17-23(32)27(22)26/h7-14,26-27H,6,15-17H2,1-5H3,(H,31,33)/t26-,27?/m0/s1. The summed E-state index contributed by atoms with van der Waals surface area (Å²) in [4.78, 5) is 32.0. The quantitative estimate of drug-likeness (QED) is 0.539. The zero-order chi connectivity index (χ0) is 25.2. The van der Waals surface area contributed by atoms with Gasteiger partial charge in [0, 0.05) is 29.3 Å². The Labute approximate surface area is 207 Å². The number of carbonyl (C=O) groups is 2. The number of ketones is 1. The molecule has 0 spiro atoms. The summed E-state index contributed by atoms with van der Waals surface area (Å²) in [6.07, 6.45) is 2.12. The number of Topliss-reactive ketones (excluding diaryl/α,β-unsaturated/α-hetero) is 1. The van der Waals surface area contributed by atoms with E-state index in [0.717, 1.165) is 29.9 Å². The minimum atomic E-state index is -0.451. The van der Waals surface area contributed by atoms with Gasteiger partial charge in [0.15, 0.2) is 0 Å². The first-order valence-electron chi connectivity index (χ1n) is 12.2. The molecule has 35 heavy (non-hydrogen) atoms. The van der Waals surface area contributed by atoms with Crippen LogP contribution in [0.25, 0.3) is 0 Å². The molecule has 4 rings (SSSR count). The average Bonchev–Trinajstić information content (AvgIpc) is 2.81. The summed E-state index contributed by atoms with van der Waals surface area (Å²) in [5.74, 6) is 0.337. The van der Waals surface area contributed by atoms with Crippen LogP contribution < -0.4 is 14.8 Å². The molecule has 1 aliphatic heterocycles. The van der Waals surface area contributed by atoms with E-state index in [1.54, 1.807) is 19.2 Å². The fourth-order valence-corrected chi connectivity index (χ4v) is 5.18. The van der Waals surface area contributed by atoms with E-state index >= 15 is 0 Å². The SMILES string of the molecule is CCCOc1ccc([C@H]2C(C(=O)Nc3ccccc3OC)=C(C)N=C3CC(C)(C)CC(=O)C32)cc1. The molecule has 1 unspecified atom stereocenters. The molecule has 2 aromatic carbocycles. The third-order valence-electron chi connectivity index (χ3n) is 6.68. The van der Waals surface area contributed by atoms with Crippen LogP contribution >= 0.6 is 0 Å². The van der Waals surface area contributed by atoms with Crippen molar-refractivity contribution in [1.29, 1.82) is 0 Å². The number of nitrogens with zero attached hydrogens (tertiary/aromatic N) is 1. The van der Waals surface area contributed by atoms with Gasteiger partial charge in [-0.15, -0.1) is 0 Å². The van der Waals surface area contributed by atoms with Gasteiger partial charge >= 0.3 is 0 Å². The highest BCUT2D eigenvalue weighted by molar-refractivity contribution is 6.14. The van der Waals surface area contributed by atoms with Gasteiger partial charge < -0.3 is 14.8 Å². The molecule has 0 aromatic heterocycles. The van der Waals surface area contributed by atoms with Crippen molar-refractivity contribution >= 4 is 23.1 Å². The van der Waals surface area contributed by atoms with Gasteiger partial charge in [-0.3, -0.25) is 14.6 Å². The van der Waals surface area contributed by atoms with Crippen molar-refractivity contribution in [1.82, 2.24) is 0 Å². The summed E-state index contributed by atoms with van der Waals surface area (Å²) in [5, 5.41) is 3.00. The van der Waals surface area contributed by atoms with Gasteiger partial charge in [-0.1, -0.05) is 45.0 Å². The minimum Gasteiger partial charge on any atom is -0.495 e. The van der Waals surface area contributed by atoms with Gasteiger partial charge in [0.05, 0.1) is 25.3 Å². The number of hydrogen-bond acceptors (Lipinski definition) is 5. The van der Waals surface area contributed by atoms with Gasteiger partial charge in [-0.2, -0.15) is 0 Å². The number of ether oxygens (including phenoxy) is 2. The molecule has 1 aliphatic carbocycles. The number of hydrogen-bond donors (Lipinski definition) is 1. The van der Waals surface area contributed by atoms with E-state index in [1.807, 2.05) is 43.3 Å². The van der Waals surface area contributed by atoms with Crippen LogP contribution in [0.15, 0.2) is 64.8 Å². The number of benzene rings is 2. The maximum atomic E-state index is 13.7. The summed E-state index contributed by atoms with van der Waals surface area (Å²) in [6, 6.07) is 15.1. The fourth-order valence-electron chi connectivity index (χ4n) is 5.18. The number of carbonyl (C=O) groups excluding carboxylic acids is 2. The lowest BCUT2D eigenvalue weighted by Gasteiger charge is -2.41. The van der Waals surface area contributed by atoms with E-state index in [2.05, 4.69) is 26.1 Å². The number of methoxy groups -OCH3 is 1. The van der Waals surface area contributed by atoms with Gasteiger partial charge in [0.2, 0.25) is 0 Å². The molecule has 6 heteroatoms. The maximum absolute atomic E-state index is 13.7. The Hall–Kier alpha value is -3.41. The molecular weight excluding hydrogens is 440 g/mol. The van der Waals surface area contributed by atoms with Crippen molar-refractivity contribution in [3.05, 3.63) is 65.4 Å². The highest BCUT2D eigenvalue weighted by Gasteiger charge is 2.47. The summed E-state index contributed by atoms with van der Waals surface area (Å²) in [6.45, 7) is 8.76. The summed E-state index contributed by atoms with van der Waals surface area (Å²) in [7, 11) is 1.57. The Kier molecular flexibility index (Phi) is 7.10. The van der Waals surface area contributed by atoms with Crippen LogP contribution in [-0.2, 0) is 9.59 Å². The number of nitrogens with one attached hydrogen (secondary N) is 1. The van der Waals surface area contributed by atoms with Crippen LogP contribution in [0.4, 0.5) is 5.69 Å². The van der Waals surface area contributed by atoms with E-state index in [9.17, 15) is 9.59 Å². The first-order chi connectivity index (χ1) is 16.7. The molecule has 1 heterocycles. The normalized spacial score (nSPS) is 21.2. The van der Waals surface area contributed by atoms with Crippen molar-refractivity contribution in [3.63, 3.8) is 0 Å². The Morgan fingerprint density at radius 3 is 2.49 bits per heavy atom. The molecule has 0 radical (unpaired) electrons. The highest BCUT2D eigenvalue weighted by atomic mass is 16.5. The van der Waals surface area contributed by atoms with Crippen molar-refractivity contribution in [2.45, 2.75) is 52.9 Å². The Morgan fingerprint density at radius 1 is 1.09 bits per heavy atom.